The molecule has 12 aromatic carbocycles. The summed E-state index contributed by atoms with van der Waals surface area (Å²) in [6, 6.07) is 104. The van der Waals surface area contributed by atoms with Crippen molar-refractivity contribution >= 4 is 27.8 Å². The van der Waals surface area contributed by atoms with Crippen LogP contribution in [0.1, 0.15) is 25.0 Å². The predicted molar refractivity (Wildman–Crippen MR) is 314 cm³/mol. The first kappa shape index (κ1) is 44.6. The van der Waals surface area contributed by atoms with E-state index in [1.54, 1.807) is 0 Å². The highest BCUT2D eigenvalue weighted by molar-refractivity contribution is 5.91. The summed E-state index contributed by atoms with van der Waals surface area (Å²) in [7, 11) is 0. The SMILES string of the molecule is CC1(C)c2ccccc2-c2cccc(-c3ccc(N(c4ccc(-c5ccc(-c6cccc(-c7ccc8ccccc8c7)c6)cc5)cc4)c4ccc(-c5cc(-c6ccccc6)cc(-c6ccccc6)c5)cc4)cc3)c21. The van der Waals surface area contributed by atoms with Gasteiger partial charge >= 0.3 is 0 Å². The Hall–Kier alpha value is -9.30. The van der Waals surface area contributed by atoms with Gasteiger partial charge in [0.15, 0.2) is 0 Å². The van der Waals surface area contributed by atoms with E-state index < -0.39 is 0 Å². The molecule has 350 valence electrons. The second kappa shape index (κ2) is 18.7. The number of rotatable bonds is 10. The van der Waals surface area contributed by atoms with Crippen LogP contribution in [0.25, 0.3) is 99.8 Å². The topological polar surface area (TPSA) is 3.24 Å². The zero-order valence-electron chi connectivity index (χ0n) is 41.6. The first-order valence-corrected chi connectivity index (χ1v) is 25.7. The molecule has 0 saturated carbocycles. The Kier molecular flexibility index (Phi) is 11.3. The van der Waals surface area contributed by atoms with Crippen LogP contribution in [0.3, 0.4) is 0 Å². The van der Waals surface area contributed by atoms with E-state index in [4.69, 9.17) is 0 Å². The number of benzene rings is 12. The third-order valence-electron chi connectivity index (χ3n) is 15.2. The molecule has 13 rings (SSSR count). The Bertz CT molecular complexity index is 3920. The summed E-state index contributed by atoms with van der Waals surface area (Å²) in [4.78, 5) is 2.38. The maximum absolute atomic E-state index is 2.38. The van der Waals surface area contributed by atoms with Gasteiger partial charge in [-0.05, 0) is 178 Å². The quantitative estimate of drug-likeness (QED) is 0.132. The van der Waals surface area contributed by atoms with Crippen LogP contribution < -0.4 is 4.90 Å². The normalized spacial score (nSPS) is 12.3. The fourth-order valence-electron chi connectivity index (χ4n) is 11.4. The Morgan fingerprint density at radius 3 is 1.16 bits per heavy atom. The molecule has 0 unspecified atom stereocenters. The predicted octanol–water partition coefficient (Wildman–Crippen LogP) is 20.3. The zero-order chi connectivity index (χ0) is 49.6. The summed E-state index contributed by atoms with van der Waals surface area (Å²) >= 11 is 0. The van der Waals surface area contributed by atoms with Gasteiger partial charge in [0.1, 0.15) is 0 Å². The van der Waals surface area contributed by atoms with Crippen LogP contribution in [0.2, 0.25) is 0 Å². The lowest BCUT2D eigenvalue weighted by atomic mass is 9.79. The maximum atomic E-state index is 2.38. The highest BCUT2D eigenvalue weighted by Crippen LogP contribution is 2.52. The van der Waals surface area contributed by atoms with Crippen molar-refractivity contribution in [3.8, 4) is 89.0 Å². The fraction of sp³-hybridized carbons (Fsp3) is 0.0411. The molecule has 0 amide bonds. The van der Waals surface area contributed by atoms with Gasteiger partial charge in [-0.25, -0.2) is 0 Å². The smallest absolute Gasteiger partial charge is 0.0462 e. The average Bonchev–Trinajstić information content (AvgIpc) is 3.76. The molecule has 0 N–H and O–H groups in total. The van der Waals surface area contributed by atoms with Gasteiger partial charge in [0.2, 0.25) is 0 Å². The largest absolute Gasteiger partial charge is 0.311 e. The molecule has 0 aromatic heterocycles. The van der Waals surface area contributed by atoms with Gasteiger partial charge in [0, 0.05) is 22.5 Å². The van der Waals surface area contributed by atoms with E-state index in [-0.39, 0.29) is 5.41 Å². The second-order valence-corrected chi connectivity index (χ2v) is 20.1. The Morgan fingerprint density at radius 2 is 0.581 bits per heavy atom. The molecule has 0 fully saturated rings. The summed E-state index contributed by atoms with van der Waals surface area (Å²) in [5, 5.41) is 2.51. The van der Waals surface area contributed by atoms with Crippen molar-refractivity contribution in [3.63, 3.8) is 0 Å². The lowest BCUT2D eigenvalue weighted by Crippen LogP contribution is -2.16. The Balaban J connectivity index is 0.842. The molecule has 0 atom stereocenters. The second-order valence-electron chi connectivity index (χ2n) is 20.1. The molecule has 1 aliphatic rings. The number of nitrogens with zero attached hydrogens (tertiary/aromatic N) is 1. The molecule has 0 aliphatic heterocycles. The Labute approximate surface area is 435 Å². The summed E-state index contributed by atoms with van der Waals surface area (Å²) in [6.45, 7) is 4.73. The van der Waals surface area contributed by atoms with Crippen molar-refractivity contribution in [2.45, 2.75) is 19.3 Å². The molecular formula is C73H53N. The summed E-state index contributed by atoms with van der Waals surface area (Å²) in [6.07, 6.45) is 0. The van der Waals surface area contributed by atoms with Crippen LogP contribution >= 0.6 is 0 Å². The minimum atomic E-state index is -0.108. The summed E-state index contributed by atoms with van der Waals surface area (Å²) in [5.41, 5.74) is 25.5. The van der Waals surface area contributed by atoms with Crippen LogP contribution in [0.4, 0.5) is 17.1 Å². The highest BCUT2D eigenvalue weighted by Gasteiger charge is 2.37. The van der Waals surface area contributed by atoms with Crippen LogP contribution in [0.15, 0.2) is 285 Å². The average molecular weight is 944 g/mol. The van der Waals surface area contributed by atoms with Gasteiger partial charge in [-0.2, -0.15) is 0 Å². The minimum Gasteiger partial charge on any atom is -0.311 e. The Morgan fingerprint density at radius 1 is 0.230 bits per heavy atom. The third kappa shape index (κ3) is 8.29. The van der Waals surface area contributed by atoms with E-state index in [0.717, 1.165) is 17.1 Å². The molecule has 12 aromatic rings. The van der Waals surface area contributed by atoms with Crippen molar-refractivity contribution in [2.24, 2.45) is 0 Å². The van der Waals surface area contributed by atoms with Crippen molar-refractivity contribution < 1.29 is 0 Å². The molecule has 0 saturated heterocycles. The van der Waals surface area contributed by atoms with Crippen molar-refractivity contribution in [3.05, 3.63) is 296 Å². The van der Waals surface area contributed by atoms with Crippen LogP contribution in [-0.2, 0) is 5.41 Å². The number of hydrogen-bond donors (Lipinski definition) is 0. The first-order chi connectivity index (χ1) is 36.4. The van der Waals surface area contributed by atoms with E-state index >= 15 is 0 Å². The highest BCUT2D eigenvalue weighted by atomic mass is 15.1. The van der Waals surface area contributed by atoms with E-state index in [0.29, 0.717) is 0 Å². The van der Waals surface area contributed by atoms with Crippen molar-refractivity contribution in [1.29, 1.82) is 0 Å². The van der Waals surface area contributed by atoms with Crippen LogP contribution in [-0.4, -0.2) is 0 Å². The molecule has 0 spiro atoms. The number of anilines is 3. The zero-order valence-corrected chi connectivity index (χ0v) is 41.6. The molecule has 0 bridgehead atoms. The van der Waals surface area contributed by atoms with E-state index in [1.165, 1.54) is 111 Å². The summed E-state index contributed by atoms with van der Waals surface area (Å²) in [5.74, 6) is 0. The van der Waals surface area contributed by atoms with E-state index in [1.807, 2.05) is 0 Å². The molecule has 0 heterocycles. The van der Waals surface area contributed by atoms with Gasteiger partial charge in [-0.3, -0.25) is 0 Å². The third-order valence-corrected chi connectivity index (χ3v) is 15.2. The van der Waals surface area contributed by atoms with Crippen LogP contribution in [0, 0.1) is 0 Å². The molecule has 0 radical (unpaired) electrons. The lowest BCUT2D eigenvalue weighted by molar-refractivity contribution is 0.662. The fourth-order valence-corrected chi connectivity index (χ4v) is 11.4. The molecule has 1 heteroatoms. The van der Waals surface area contributed by atoms with Gasteiger partial charge in [0.05, 0.1) is 0 Å². The number of hydrogen-bond acceptors (Lipinski definition) is 1. The van der Waals surface area contributed by atoms with Gasteiger partial charge in [-0.1, -0.05) is 232 Å². The van der Waals surface area contributed by atoms with Gasteiger partial charge in [-0.15, -0.1) is 0 Å². The lowest BCUT2D eigenvalue weighted by Gasteiger charge is -2.27. The van der Waals surface area contributed by atoms with Crippen molar-refractivity contribution in [1.82, 2.24) is 0 Å². The maximum Gasteiger partial charge on any atom is 0.0462 e. The van der Waals surface area contributed by atoms with Crippen LogP contribution in [0.5, 0.6) is 0 Å². The van der Waals surface area contributed by atoms with Gasteiger partial charge < -0.3 is 4.90 Å². The van der Waals surface area contributed by atoms with E-state index in [2.05, 4.69) is 304 Å². The molecule has 1 aliphatic carbocycles. The standard InChI is InChI=1S/C73H53N/c1-73(2)71-26-12-11-23-69(71)70-25-14-24-68(72(70)73)57-37-43-67(44-38-57)74(66-41-35-56(36-42-66)64-48-62(50-15-5-3-6-16-50)47-63(49-64)51-17-7-4-8-18-51)65-39-33-54(34-40-65)53-27-29-55(30-28-53)59-21-13-22-60(45-59)61-32-31-52-19-9-10-20-58(52)46-61/h3-49H,1-2H3. The summed E-state index contributed by atoms with van der Waals surface area (Å²) < 4.78 is 0. The van der Waals surface area contributed by atoms with E-state index in [9.17, 15) is 0 Å². The minimum absolute atomic E-state index is 0.108. The van der Waals surface area contributed by atoms with Gasteiger partial charge in [0.25, 0.3) is 0 Å². The monoisotopic (exact) mass is 943 g/mol. The van der Waals surface area contributed by atoms with Crippen molar-refractivity contribution in [2.75, 3.05) is 4.90 Å². The molecular weight excluding hydrogens is 891 g/mol. The first-order valence-electron chi connectivity index (χ1n) is 25.7. The molecule has 74 heavy (non-hydrogen) atoms. The molecule has 1 nitrogen and oxygen atoms in total. The number of fused-ring (bicyclic) bond motifs is 4.